The molecule has 1 saturated heterocycles. The lowest BCUT2D eigenvalue weighted by molar-refractivity contribution is 0.0385. The SMILES string of the molecule is ClC/C=C/CNCCN1CCOCC1. The Balaban J connectivity index is 1.89. The summed E-state index contributed by atoms with van der Waals surface area (Å²) < 4.78 is 5.27. The summed E-state index contributed by atoms with van der Waals surface area (Å²) in [6.45, 7) is 6.96. The Bertz CT molecular complexity index is 158. The fourth-order valence-corrected chi connectivity index (χ4v) is 1.52. The molecular weight excluding hydrogens is 200 g/mol. The van der Waals surface area contributed by atoms with Crippen LogP contribution >= 0.6 is 11.6 Å². The first-order valence-electron chi connectivity index (χ1n) is 5.15. The van der Waals surface area contributed by atoms with Gasteiger partial charge in [0.15, 0.2) is 0 Å². The van der Waals surface area contributed by atoms with Crippen molar-refractivity contribution in [3.05, 3.63) is 12.2 Å². The smallest absolute Gasteiger partial charge is 0.0594 e. The van der Waals surface area contributed by atoms with Crippen LogP contribution in [0.5, 0.6) is 0 Å². The van der Waals surface area contributed by atoms with E-state index in [9.17, 15) is 0 Å². The van der Waals surface area contributed by atoms with E-state index < -0.39 is 0 Å². The highest BCUT2D eigenvalue weighted by molar-refractivity contribution is 6.18. The Hall–Kier alpha value is -0.0900. The first kappa shape index (κ1) is 12.0. The number of rotatable bonds is 6. The minimum Gasteiger partial charge on any atom is -0.379 e. The predicted octanol–water partition coefficient (Wildman–Crippen LogP) is 0.703. The van der Waals surface area contributed by atoms with Gasteiger partial charge in [-0.1, -0.05) is 12.2 Å². The first-order valence-corrected chi connectivity index (χ1v) is 5.68. The van der Waals surface area contributed by atoms with Gasteiger partial charge >= 0.3 is 0 Å². The Morgan fingerprint density at radius 2 is 2.07 bits per heavy atom. The second-order valence-electron chi connectivity index (χ2n) is 3.28. The Morgan fingerprint density at radius 1 is 1.29 bits per heavy atom. The molecule has 3 nitrogen and oxygen atoms in total. The molecule has 0 aromatic rings. The van der Waals surface area contributed by atoms with E-state index in [0.717, 1.165) is 45.9 Å². The second-order valence-corrected chi connectivity index (χ2v) is 3.59. The Kier molecular flexibility index (Phi) is 7.05. The number of halogens is 1. The number of allylic oxidation sites excluding steroid dienone is 1. The molecule has 0 atom stereocenters. The van der Waals surface area contributed by atoms with E-state index >= 15 is 0 Å². The molecule has 0 amide bonds. The summed E-state index contributed by atoms with van der Waals surface area (Å²) in [7, 11) is 0. The molecule has 0 spiro atoms. The van der Waals surface area contributed by atoms with E-state index in [2.05, 4.69) is 16.3 Å². The number of hydrogen-bond donors (Lipinski definition) is 1. The summed E-state index contributed by atoms with van der Waals surface area (Å²) in [6.07, 6.45) is 4.02. The molecule has 0 aromatic heterocycles. The molecular formula is C10H19ClN2O. The van der Waals surface area contributed by atoms with Crippen molar-refractivity contribution in [2.24, 2.45) is 0 Å². The van der Waals surface area contributed by atoms with Crippen LogP contribution in [0.1, 0.15) is 0 Å². The van der Waals surface area contributed by atoms with Gasteiger partial charge in [-0.25, -0.2) is 0 Å². The molecule has 82 valence electrons. The lowest BCUT2D eigenvalue weighted by Crippen LogP contribution is -2.40. The lowest BCUT2D eigenvalue weighted by Gasteiger charge is -2.26. The summed E-state index contributed by atoms with van der Waals surface area (Å²) in [4.78, 5) is 2.42. The monoisotopic (exact) mass is 218 g/mol. The third kappa shape index (κ3) is 5.60. The molecule has 0 radical (unpaired) electrons. The van der Waals surface area contributed by atoms with Crippen LogP contribution in [0.4, 0.5) is 0 Å². The molecule has 0 unspecified atom stereocenters. The van der Waals surface area contributed by atoms with Gasteiger partial charge in [0.1, 0.15) is 0 Å². The first-order chi connectivity index (χ1) is 6.93. The highest BCUT2D eigenvalue weighted by atomic mass is 35.5. The Morgan fingerprint density at radius 3 is 2.79 bits per heavy atom. The summed E-state index contributed by atoms with van der Waals surface area (Å²) in [6, 6.07) is 0. The van der Waals surface area contributed by atoms with Crippen molar-refractivity contribution in [1.29, 1.82) is 0 Å². The quantitative estimate of drug-likeness (QED) is 0.404. The van der Waals surface area contributed by atoms with E-state index in [1.807, 2.05) is 6.08 Å². The van der Waals surface area contributed by atoms with Gasteiger partial charge in [0.05, 0.1) is 13.2 Å². The topological polar surface area (TPSA) is 24.5 Å². The summed E-state index contributed by atoms with van der Waals surface area (Å²) in [5, 5.41) is 3.34. The molecule has 0 aliphatic carbocycles. The number of hydrogen-bond acceptors (Lipinski definition) is 3. The van der Waals surface area contributed by atoms with Gasteiger partial charge in [-0.2, -0.15) is 0 Å². The number of nitrogens with one attached hydrogen (secondary N) is 1. The van der Waals surface area contributed by atoms with Gasteiger partial charge in [0.25, 0.3) is 0 Å². The maximum absolute atomic E-state index is 5.50. The minimum absolute atomic E-state index is 0.602. The molecule has 0 bridgehead atoms. The second kappa shape index (κ2) is 8.24. The fourth-order valence-electron chi connectivity index (χ4n) is 1.39. The summed E-state index contributed by atoms with van der Waals surface area (Å²) in [5.41, 5.74) is 0. The number of alkyl halides is 1. The zero-order valence-corrected chi connectivity index (χ0v) is 9.30. The van der Waals surface area contributed by atoms with Crippen molar-refractivity contribution < 1.29 is 4.74 Å². The highest BCUT2D eigenvalue weighted by Gasteiger charge is 2.08. The molecule has 1 fully saturated rings. The van der Waals surface area contributed by atoms with Crippen molar-refractivity contribution >= 4 is 11.6 Å². The molecule has 0 saturated carbocycles. The largest absolute Gasteiger partial charge is 0.379 e. The van der Waals surface area contributed by atoms with Crippen LogP contribution in [0, 0.1) is 0 Å². The van der Waals surface area contributed by atoms with Crippen molar-refractivity contribution in [2.45, 2.75) is 0 Å². The molecule has 1 aliphatic heterocycles. The summed E-state index contributed by atoms with van der Waals surface area (Å²) >= 11 is 5.50. The third-order valence-corrected chi connectivity index (χ3v) is 2.40. The molecule has 1 rings (SSSR count). The maximum Gasteiger partial charge on any atom is 0.0594 e. The summed E-state index contributed by atoms with van der Waals surface area (Å²) in [5.74, 6) is 0.602. The molecule has 1 heterocycles. The number of nitrogens with zero attached hydrogens (tertiary/aromatic N) is 1. The molecule has 0 aromatic carbocycles. The fraction of sp³-hybridized carbons (Fsp3) is 0.800. The maximum atomic E-state index is 5.50. The van der Waals surface area contributed by atoms with E-state index in [0.29, 0.717) is 5.88 Å². The average molecular weight is 219 g/mol. The number of ether oxygens (including phenoxy) is 1. The van der Waals surface area contributed by atoms with Gasteiger partial charge < -0.3 is 10.1 Å². The van der Waals surface area contributed by atoms with Crippen LogP contribution in [0.15, 0.2) is 12.2 Å². The van der Waals surface area contributed by atoms with E-state index in [1.54, 1.807) is 0 Å². The van der Waals surface area contributed by atoms with Gasteiger partial charge in [0, 0.05) is 38.6 Å². The highest BCUT2D eigenvalue weighted by Crippen LogP contribution is 1.94. The van der Waals surface area contributed by atoms with Gasteiger partial charge in [-0.15, -0.1) is 11.6 Å². The standard InChI is InChI=1S/C10H19ClN2O/c11-3-1-2-4-12-5-6-13-7-9-14-10-8-13/h1-2,12H,3-10H2/b2-1+. The molecule has 14 heavy (non-hydrogen) atoms. The van der Waals surface area contributed by atoms with Crippen molar-refractivity contribution in [1.82, 2.24) is 10.2 Å². The van der Waals surface area contributed by atoms with Crippen LogP contribution in [0.25, 0.3) is 0 Å². The van der Waals surface area contributed by atoms with E-state index in [1.165, 1.54) is 0 Å². The van der Waals surface area contributed by atoms with Gasteiger partial charge in [0.2, 0.25) is 0 Å². The van der Waals surface area contributed by atoms with Crippen molar-refractivity contribution in [3.8, 4) is 0 Å². The molecule has 1 N–H and O–H groups in total. The van der Waals surface area contributed by atoms with Gasteiger partial charge in [-0.05, 0) is 0 Å². The Labute approximate surface area is 91.1 Å². The third-order valence-electron chi connectivity index (χ3n) is 2.23. The lowest BCUT2D eigenvalue weighted by atomic mass is 10.4. The molecule has 4 heteroatoms. The van der Waals surface area contributed by atoms with Crippen LogP contribution in [-0.4, -0.2) is 56.7 Å². The van der Waals surface area contributed by atoms with Crippen molar-refractivity contribution in [2.75, 3.05) is 51.8 Å². The zero-order chi connectivity index (χ0) is 10.1. The van der Waals surface area contributed by atoms with Crippen LogP contribution in [-0.2, 0) is 4.74 Å². The van der Waals surface area contributed by atoms with Crippen LogP contribution < -0.4 is 5.32 Å². The van der Waals surface area contributed by atoms with Crippen LogP contribution in [0.2, 0.25) is 0 Å². The molecule has 1 aliphatic rings. The van der Waals surface area contributed by atoms with Gasteiger partial charge in [-0.3, -0.25) is 4.90 Å². The average Bonchev–Trinajstić information content (AvgIpc) is 2.25. The zero-order valence-electron chi connectivity index (χ0n) is 8.54. The predicted molar refractivity (Wildman–Crippen MR) is 60.0 cm³/mol. The minimum atomic E-state index is 0.602. The normalized spacial score (nSPS) is 19.2. The van der Waals surface area contributed by atoms with Crippen molar-refractivity contribution in [3.63, 3.8) is 0 Å². The van der Waals surface area contributed by atoms with E-state index in [4.69, 9.17) is 16.3 Å². The van der Waals surface area contributed by atoms with Crippen LogP contribution in [0.3, 0.4) is 0 Å². The number of morpholine rings is 1. The van der Waals surface area contributed by atoms with E-state index in [-0.39, 0.29) is 0 Å².